The summed E-state index contributed by atoms with van der Waals surface area (Å²) in [6.07, 6.45) is 1.51. The van der Waals surface area contributed by atoms with E-state index in [2.05, 4.69) is 0 Å². The van der Waals surface area contributed by atoms with Gasteiger partial charge in [-0.05, 0) is 18.6 Å². The number of carbonyl (C=O) groups is 1. The Kier molecular flexibility index (Phi) is 6.04. The second-order valence-corrected chi connectivity index (χ2v) is 5.77. The maximum absolute atomic E-state index is 11.9. The predicted octanol–water partition coefficient (Wildman–Crippen LogP) is 3.31. The monoisotopic (exact) mass is 341 g/mol. The van der Waals surface area contributed by atoms with Crippen LogP contribution in [-0.2, 0) is 4.74 Å². The third-order valence-corrected chi connectivity index (χ3v) is 3.97. The fraction of sp³-hybridized carbons (Fsp3) is 0.533. The highest BCUT2D eigenvalue weighted by molar-refractivity contribution is 6.30. The van der Waals surface area contributed by atoms with Crippen LogP contribution >= 0.6 is 11.6 Å². The molecule has 0 aliphatic carbocycles. The largest absolute Gasteiger partial charge is 0.449 e. The minimum absolute atomic E-state index is 0.0172. The number of ether oxygens (including phenoxy) is 1. The summed E-state index contributed by atoms with van der Waals surface area (Å²) in [7, 11) is 0. The van der Waals surface area contributed by atoms with Crippen LogP contribution < -0.4 is 4.90 Å². The van der Waals surface area contributed by atoms with Crippen LogP contribution in [0.5, 0.6) is 0 Å². The third kappa shape index (κ3) is 4.48. The van der Waals surface area contributed by atoms with Crippen molar-refractivity contribution in [2.75, 3.05) is 37.7 Å². The number of hydrogen-bond donors (Lipinski definition) is 0. The lowest BCUT2D eigenvalue weighted by Gasteiger charge is -2.35. The van der Waals surface area contributed by atoms with Crippen molar-refractivity contribution in [3.63, 3.8) is 0 Å². The second-order valence-electron chi connectivity index (χ2n) is 5.33. The molecular formula is C15H20ClN3O4. The van der Waals surface area contributed by atoms with Crippen LogP contribution in [0.4, 0.5) is 16.2 Å². The fourth-order valence-electron chi connectivity index (χ4n) is 2.44. The van der Waals surface area contributed by atoms with Crippen LogP contribution in [0.1, 0.15) is 19.8 Å². The lowest BCUT2D eigenvalue weighted by atomic mass is 10.2. The zero-order chi connectivity index (χ0) is 16.8. The van der Waals surface area contributed by atoms with Gasteiger partial charge in [-0.25, -0.2) is 4.79 Å². The number of anilines is 1. The molecule has 0 saturated carbocycles. The first-order chi connectivity index (χ1) is 11.0. The zero-order valence-corrected chi connectivity index (χ0v) is 13.8. The van der Waals surface area contributed by atoms with Gasteiger partial charge < -0.3 is 14.5 Å². The van der Waals surface area contributed by atoms with E-state index in [1.54, 1.807) is 17.0 Å². The van der Waals surface area contributed by atoms with Crippen LogP contribution in [-0.4, -0.2) is 48.7 Å². The van der Waals surface area contributed by atoms with E-state index < -0.39 is 4.92 Å². The Morgan fingerprint density at radius 1 is 1.35 bits per heavy atom. The number of carbonyl (C=O) groups excluding carboxylic acids is 1. The van der Waals surface area contributed by atoms with E-state index in [0.717, 1.165) is 12.8 Å². The molecule has 0 unspecified atom stereocenters. The number of amides is 1. The van der Waals surface area contributed by atoms with Gasteiger partial charge in [0, 0.05) is 37.3 Å². The van der Waals surface area contributed by atoms with Gasteiger partial charge in [0.05, 0.1) is 11.5 Å². The number of nitrogens with zero attached hydrogens (tertiary/aromatic N) is 3. The van der Waals surface area contributed by atoms with Gasteiger partial charge in [0.15, 0.2) is 0 Å². The van der Waals surface area contributed by atoms with Gasteiger partial charge in [-0.2, -0.15) is 0 Å². The highest BCUT2D eigenvalue weighted by Gasteiger charge is 2.26. The SMILES string of the molecule is CCCCOC(=O)N1CCN(c2ccc(Cl)cc2[N+](=O)[O-])CC1. The van der Waals surface area contributed by atoms with Gasteiger partial charge in [-0.15, -0.1) is 0 Å². The molecule has 1 aliphatic heterocycles. The molecule has 0 atom stereocenters. The Labute approximate surface area is 139 Å². The van der Waals surface area contributed by atoms with E-state index in [1.807, 2.05) is 11.8 Å². The molecule has 8 heteroatoms. The van der Waals surface area contributed by atoms with Gasteiger partial charge in [-0.3, -0.25) is 10.1 Å². The van der Waals surface area contributed by atoms with E-state index >= 15 is 0 Å². The molecule has 0 bridgehead atoms. The molecular weight excluding hydrogens is 322 g/mol. The molecule has 1 saturated heterocycles. The number of rotatable bonds is 5. The summed E-state index contributed by atoms with van der Waals surface area (Å²) in [6, 6.07) is 4.63. The average Bonchev–Trinajstić information content (AvgIpc) is 2.55. The molecule has 0 radical (unpaired) electrons. The molecule has 7 nitrogen and oxygen atoms in total. The van der Waals surface area contributed by atoms with Crippen molar-refractivity contribution in [2.24, 2.45) is 0 Å². The molecule has 0 N–H and O–H groups in total. The molecule has 1 heterocycles. The van der Waals surface area contributed by atoms with Crippen molar-refractivity contribution in [2.45, 2.75) is 19.8 Å². The van der Waals surface area contributed by atoms with Gasteiger partial charge in [0.2, 0.25) is 0 Å². The summed E-state index contributed by atoms with van der Waals surface area (Å²) in [4.78, 5) is 26.2. The molecule has 1 fully saturated rings. The molecule has 23 heavy (non-hydrogen) atoms. The summed E-state index contributed by atoms with van der Waals surface area (Å²) in [5.74, 6) is 0. The normalized spacial score (nSPS) is 14.7. The highest BCUT2D eigenvalue weighted by Crippen LogP contribution is 2.31. The van der Waals surface area contributed by atoms with Crippen molar-refractivity contribution >= 4 is 29.1 Å². The summed E-state index contributed by atoms with van der Waals surface area (Å²) in [6.45, 7) is 4.45. The van der Waals surface area contributed by atoms with Crippen LogP contribution in [0.2, 0.25) is 5.02 Å². The lowest BCUT2D eigenvalue weighted by Crippen LogP contribution is -2.49. The number of halogens is 1. The second kappa shape index (κ2) is 8.01. The number of benzene rings is 1. The Bertz CT molecular complexity index is 574. The maximum Gasteiger partial charge on any atom is 0.409 e. The summed E-state index contributed by atoms with van der Waals surface area (Å²) < 4.78 is 5.18. The van der Waals surface area contributed by atoms with Crippen molar-refractivity contribution in [1.29, 1.82) is 0 Å². The van der Waals surface area contributed by atoms with E-state index in [-0.39, 0.29) is 11.8 Å². The number of nitro benzene ring substituents is 1. The molecule has 2 rings (SSSR count). The van der Waals surface area contributed by atoms with Crippen molar-refractivity contribution in [3.8, 4) is 0 Å². The summed E-state index contributed by atoms with van der Waals surface area (Å²) in [5, 5.41) is 11.5. The molecule has 0 spiro atoms. The zero-order valence-electron chi connectivity index (χ0n) is 13.0. The molecule has 1 aliphatic rings. The Hall–Kier alpha value is -2.02. The van der Waals surface area contributed by atoms with Crippen LogP contribution in [0.3, 0.4) is 0 Å². The van der Waals surface area contributed by atoms with E-state index in [4.69, 9.17) is 16.3 Å². The van der Waals surface area contributed by atoms with Gasteiger partial charge in [-0.1, -0.05) is 24.9 Å². The van der Waals surface area contributed by atoms with Gasteiger partial charge in [0.1, 0.15) is 5.69 Å². The standard InChI is InChI=1S/C15H20ClN3O4/c1-2-3-10-23-15(20)18-8-6-17(7-9-18)13-5-4-12(16)11-14(13)19(21)22/h4-5,11H,2-3,6-10H2,1H3. The molecule has 1 aromatic rings. The third-order valence-electron chi connectivity index (χ3n) is 3.74. The molecule has 126 valence electrons. The average molecular weight is 342 g/mol. The molecule has 0 aromatic heterocycles. The first kappa shape index (κ1) is 17.3. The molecule has 1 aromatic carbocycles. The highest BCUT2D eigenvalue weighted by atomic mass is 35.5. The first-order valence-corrected chi connectivity index (χ1v) is 8.01. The van der Waals surface area contributed by atoms with E-state index in [0.29, 0.717) is 43.5 Å². The minimum Gasteiger partial charge on any atom is -0.449 e. The summed E-state index contributed by atoms with van der Waals surface area (Å²) in [5.41, 5.74) is 0.509. The Morgan fingerprint density at radius 2 is 2.04 bits per heavy atom. The fourth-order valence-corrected chi connectivity index (χ4v) is 2.60. The van der Waals surface area contributed by atoms with E-state index in [9.17, 15) is 14.9 Å². The van der Waals surface area contributed by atoms with E-state index in [1.165, 1.54) is 6.07 Å². The lowest BCUT2D eigenvalue weighted by molar-refractivity contribution is -0.384. The van der Waals surface area contributed by atoms with Crippen LogP contribution in [0.25, 0.3) is 0 Å². The van der Waals surface area contributed by atoms with Gasteiger partial charge in [0.25, 0.3) is 5.69 Å². The number of hydrogen-bond acceptors (Lipinski definition) is 5. The smallest absolute Gasteiger partial charge is 0.409 e. The topological polar surface area (TPSA) is 75.9 Å². The number of unbranched alkanes of at least 4 members (excludes halogenated alkanes) is 1. The number of nitro groups is 1. The van der Waals surface area contributed by atoms with Crippen molar-refractivity contribution < 1.29 is 14.5 Å². The van der Waals surface area contributed by atoms with Crippen LogP contribution in [0.15, 0.2) is 18.2 Å². The quantitative estimate of drug-likeness (QED) is 0.466. The van der Waals surface area contributed by atoms with Crippen molar-refractivity contribution in [1.82, 2.24) is 4.90 Å². The Balaban J connectivity index is 1.97. The van der Waals surface area contributed by atoms with Crippen LogP contribution in [0, 0.1) is 10.1 Å². The van der Waals surface area contributed by atoms with Crippen molar-refractivity contribution in [3.05, 3.63) is 33.3 Å². The number of piperazine rings is 1. The summed E-state index contributed by atoms with van der Waals surface area (Å²) >= 11 is 5.83. The minimum atomic E-state index is -0.438. The molecule has 1 amide bonds. The van der Waals surface area contributed by atoms with Gasteiger partial charge >= 0.3 is 6.09 Å². The maximum atomic E-state index is 11.9. The Morgan fingerprint density at radius 3 is 2.65 bits per heavy atom. The predicted molar refractivity (Wildman–Crippen MR) is 88.1 cm³/mol. The first-order valence-electron chi connectivity index (χ1n) is 7.63.